The molecule has 18 heavy (non-hydrogen) atoms. The largest absolute Gasteiger partial charge is 0.265 e. The fourth-order valence-electron chi connectivity index (χ4n) is 1.58. The van der Waals surface area contributed by atoms with E-state index in [1.165, 1.54) is 0 Å². The van der Waals surface area contributed by atoms with Gasteiger partial charge in [-0.2, -0.15) is 4.80 Å². The van der Waals surface area contributed by atoms with Crippen molar-refractivity contribution in [1.82, 2.24) is 30.2 Å². The van der Waals surface area contributed by atoms with E-state index in [9.17, 15) is 0 Å². The molecular weight excluding hydrogens is 228 g/mol. The molecule has 0 saturated carbocycles. The van der Waals surface area contributed by atoms with Crippen molar-refractivity contribution in [2.24, 2.45) is 0 Å². The highest BCUT2D eigenvalue weighted by atomic mass is 15.6. The third kappa shape index (κ3) is 2.22. The zero-order valence-electron chi connectivity index (χ0n) is 9.51. The monoisotopic (exact) mass is 238 g/mol. The summed E-state index contributed by atoms with van der Waals surface area (Å²) in [5.41, 5.74) is 2.00. The first-order chi connectivity index (χ1) is 8.92. The fourth-order valence-corrected chi connectivity index (χ4v) is 1.58. The number of pyridine rings is 2. The van der Waals surface area contributed by atoms with E-state index in [1.807, 2.05) is 24.3 Å². The lowest BCUT2D eigenvalue weighted by molar-refractivity contribution is 0.572. The minimum atomic E-state index is 0.584. The van der Waals surface area contributed by atoms with Crippen molar-refractivity contribution in [3.63, 3.8) is 0 Å². The summed E-state index contributed by atoms with van der Waals surface area (Å²) in [6.07, 6.45) is 6.91. The van der Waals surface area contributed by atoms with E-state index in [4.69, 9.17) is 0 Å². The predicted octanol–water partition coefficient (Wildman–Crippen LogP) is 1.18. The van der Waals surface area contributed by atoms with Crippen molar-refractivity contribution in [2.45, 2.75) is 6.54 Å². The standard InChI is InChI=1S/C12H10N6/c1-5-13-6-2-10(1)9-18-16-12(15-17-18)11-3-7-14-8-4-11/h1-8H,9H2. The number of hydrogen-bond donors (Lipinski definition) is 0. The van der Waals surface area contributed by atoms with Crippen molar-refractivity contribution < 1.29 is 0 Å². The Labute approximate surface area is 103 Å². The van der Waals surface area contributed by atoms with Crippen LogP contribution in [0.4, 0.5) is 0 Å². The topological polar surface area (TPSA) is 69.4 Å². The van der Waals surface area contributed by atoms with Gasteiger partial charge in [0.15, 0.2) is 0 Å². The quantitative estimate of drug-likeness (QED) is 0.685. The van der Waals surface area contributed by atoms with Crippen molar-refractivity contribution in [3.05, 3.63) is 54.6 Å². The Morgan fingerprint density at radius 3 is 2.28 bits per heavy atom. The van der Waals surface area contributed by atoms with Gasteiger partial charge in [-0.15, -0.1) is 10.2 Å². The molecule has 0 aliphatic rings. The lowest BCUT2D eigenvalue weighted by Gasteiger charge is -1.97. The summed E-state index contributed by atoms with van der Waals surface area (Å²) < 4.78 is 0. The lowest BCUT2D eigenvalue weighted by Crippen LogP contribution is -2.03. The third-order valence-corrected chi connectivity index (χ3v) is 2.46. The SMILES string of the molecule is c1cc(Cn2nnc(-c3ccncc3)n2)ccn1. The first-order valence-electron chi connectivity index (χ1n) is 5.49. The molecule has 3 heterocycles. The van der Waals surface area contributed by atoms with E-state index in [-0.39, 0.29) is 0 Å². The van der Waals surface area contributed by atoms with Crippen LogP contribution < -0.4 is 0 Å². The number of rotatable bonds is 3. The van der Waals surface area contributed by atoms with Gasteiger partial charge in [0.05, 0.1) is 6.54 Å². The van der Waals surface area contributed by atoms with Gasteiger partial charge in [0.2, 0.25) is 5.82 Å². The zero-order chi connectivity index (χ0) is 12.2. The van der Waals surface area contributed by atoms with Crippen molar-refractivity contribution in [2.75, 3.05) is 0 Å². The minimum absolute atomic E-state index is 0.584. The van der Waals surface area contributed by atoms with E-state index in [0.717, 1.165) is 11.1 Å². The minimum Gasteiger partial charge on any atom is -0.265 e. The first-order valence-corrected chi connectivity index (χ1v) is 5.49. The predicted molar refractivity (Wildman–Crippen MR) is 64.4 cm³/mol. The Morgan fingerprint density at radius 1 is 0.889 bits per heavy atom. The normalized spacial score (nSPS) is 10.4. The molecule has 0 N–H and O–H groups in total. The highest BCUT2D eigenvalue weighted by Crippen LogP contribution is 2.11. The molecule has 0 aromatic carbocycles. The van der Waals surface area contributed by atoms with Crippen LogP contribution in [0.1, 0.15) is 5.56 Å². The Kier molecular flexibility index (Phi) is 2.75. The Hall–Kier alpha value is -2.63. The van der Waals surface area contributed by atoms with Crippen LogP contribution in [0.3, 0.4) is 0 Å². The van der Waals surface area contributed by atoms with Crippen LogP contribution in [0, 0.1) is 0 Å². The highest BCUT2D eigenvalue weighted by Gasteiger charge is 2.05. The number of hydrogen-bond acceptors (Lipinski definition) is 5. The van der Waals surface area contributed by atoms with Crippen LogP contribution in [0.5, 0.6) is 0 Å². The molecule has 0 spiro atoms. The molecular formula is C12H10N6. The highest BCUT2D eigenvalue weighted by molar-refractivity contribution is 5.51. The molecule has 0 aliphatic carbocycles. The fraction of sp³-hybridized carbons (Fsp3) is 0.0833. The van der Waals surface area contributed by atoms with Crippen LogP contribution in [-0.2, 0) is 6.54 Å². The molecule has 6 nitrogen and oxygen atoms in total. The van der Waals surface area contributed by atoms with E-state index >= 15 is 0 Å². The molecule has 88 valence electrons. The molecule has 0 atom stereocenters. The summed E-state index contributed by atoms with van der Waals surface area (Å²) in [7, 11) is 0. The zero-order valence-corrected chi connectivity index (χ0v) is 9.51. The second-order valence-corrected chi connectivity index (χ2v) is 3.73. The van der Waals surface area contributed by atoms with Crippen LogP contribution >= 0.6 is 0 Å². The smallest absolute Gasteiger partial charge is 0.205 e. The average Bonchev–Trinajstić information content (AvgIpc) is 2.89. The molecule has 0 amide bonds. The van der Waals surface area contributed by atoms with E-state index in [1.54, 1.807) is 29.6 Å². The average molecular weight is 238 g/mol. The maximum Gasteiger partial charge on any atom is 0.205 e. The molecule has 0 aliphatic heterocycles. The van der Waals surface area contributed by atoms with Gasteiger partial charge in [-0.1, -0.05) is 0 Å². The van der Waals surface area contributed by atoms with Gasteiger partial charge in [-0.25, -0.2) is 0 Å². The van der Waals surface area contributed by atoms with Gasteiger partial charge in [-0.05, 0) is 35.0 Å². The summed E-state index contributed by atoms with van der Waals surface area (Å²) in [5.74, 6) is 0.603. The van der Waals surface area contributed by atoms with Crippen LogP contribution in [0.2, 0.25) is 0 Å². The molecule has 0 radical (unpaired) electrons. The van der Waals surface area contributed by atoms with Gasteiger partial charge < -0.3 is 0 Å². The van der Waals surface area contributed by atoms with Gasteiger partial charge >= 0.3 is 0 Å². The molecule has 0 saturated heterocycles. The molecule has 0 unspecified atom stereocenters. The van der Waals surface area contributed by atoms with Gasteiger partial charge in [-0.3, -0.25) is 9.97 Å². The maximum absolute atomic E-state index is 4.32. The summed E-state index contributed by atoms with van der Waals surface area (Å²) >= 11 is 0. The van der Waals surface area contributed by atoms with Crippen molar-refractivity contribution in [3.8, 4) is 11.4 Å². The van der Waals surface area contributed by atoms with Gasteiger partial charge in [0.1, 0.15) is 0 Å². The first kappa shape index (κ1) is 10.5. The van der Waals surface area contributed by atoms with Crippen LogP contribution in [0.25, 0.3) is 11.4 Å². The number of aromatic nitrogens is 6. The lowest BCUT2D eigenvalue weighted by atomic mass is 10.3. The summed E-state index contributed by atoms with van der Waals surface area (Å²) in [5, 5.41) is 12.4. The molecule has 0 fully saturated rings. The van der Waals surface area contributed by atoms with Crippen LogP contribution in [-0.4, -0.2) is 30.2 Å². The Bertz CT molecular complexity index is 619. The van der Waals surface area contributed by atoms with Gasteiger partial charge in [0.25, 0.3) is 0 Å². The summed E-state index contributed by atoms with van der Waals surface area (Å²) in [4.78, 5) is 9.48. The van der Waals surface area contributed by atoms with E-state index in [0.29, 0.717) is 12.4 Å². The summed E-state index contributed by atoms with van der Waals surface area (Å²) in [6, 6.07) is 7.56. The van der Waals surface area contributed by atoms with Crippen molar-refractivity contribution in [1.29, 1.82) is 0 Å². The Morgan fingerprint density at radius 2 is 1.56 bits per heavy atom. The second kappa shape index (κ2) is 4.70. The molecule has 3 aromatic heterocycles. The van der Waals surface area contributed by atoms with E-state index in [2.05, 4.69) is 25.4 Å². The second-order valence-electron chi connectivity index (χ2n) is 3.73. The number of nitrogens with zero attached hydrogens (tertiary/aromatic N) is 6. The molecule has 0 bridgehead atoms. The summed E-state index contributed by atoms with van der Waals surface area (Å²) in [6.45, 7) is 0.584. The maximum atomic E-state index is 4.32. The molecule has 3 aromatic rings. The Balaban J connectivity index is 1.82. The van der Waals surface area contributed by atoms with Crippen LogP contribution in [0.15, 0.2) is 49.1 Å². The van der Waals surface area contributed by atoms with Crippen molar-refractivity contribution >= 4 is 0 Å². The third-order valence-electron chi connectivity index (χ3n) is 2.46. The molecule has 6 heteroatoms. The van der Waals surface area contributed by atoms with E-state index < -0.39 is 0 Å². The van der Waals surface area contributed by atoms with Gasteiger partial charge in [0, 0.05) is 30.4 Å². The number of tetrazole rings is 1. The molecule has 3 rings (SSSR count).